The van der Waals surface area contributed by atoms with E-state index in [0.29, 0.717) is 0 Å². The van der Waals surface area contributed by atoms with Crippen LogP contribution in [0.2, 0.25) is 0 Å². The van der Waals surface area contributed by atoms with Crippen molar-refractivity contribution in [2.75, 3.05) is 19.6 Å². The summed E-state index contributed by atoms with van der Waals surface area (Å²) in [5.74, 6) is 0.488. The maximum absolute atomic E-state index is 12.5. The highest BCUT2D eigenvalue weighted by Crippen LogP contribution is 2.59. The van der Waals surface area contributed by atoms with E-state index in [2.05, 4.69) is 29.6 Å². The second kappa shape index (κ2) is 7.85. The van der Waals surface area contributed by atoms with Crippen LogP contribution in [0.4, 0.5) is 0 Å². The Kier molecular flexibility index (Phi) is 5.30. The van der Waals surface area contributed by atoms with Gasteiger partial charge in [-0.25, -0.2) is 0 Å². The van der Waals surface area contributed by atoms with Crippen molar-refractivity contribution in [3.05, 3.63) is 58.3 Å². The number of benzene rings is 1. The zero-order valence-electron chi connectivity index (χ0n) is 15.5. The molecule has 1 N–H and O–H groups in total. The zero-order chi connectivity index (χ0) is 18.7. The van der Waals surface area contributed by atoms with E-state index in [9.17, 15) is 9.59 Å². The van der Waals surface area contributed by atoms with Gasteiger partial charge in [0.25, 0.3) is 5.91 Å². The van der Waals surface area contributed by atoms with E-state index in [4.69, 9.17) is 0 Å². The molecule has 1 atom stereocenters. The minimum absolute atomic E-state index is 0.133. The van der Waals surface area contributed by atoms with Crippen molar-refractivity contribution in [3.63, 3.8) is 0 Å². The van der Waals surface area contributed by atoms with E-state index >= 15 is 0 Å². The van der Waals surface area contributed by atoms with Crippen molar-refractivity contribution in [2.24, 2.45) is 11.3 Å². The lowest BCUT2D eigenvalue weighted by atomic mass is 9.90. The summed E-state index contributed by atoms with van der Waals surface area (Å²) in [6, 6.07) is 12.3. The number of rotatable bonds is 6. The molecule has 1 aromatic heterocycles. The smallest absolute Gasteiger partial charge is 0.254 e. The quantitative estimate of drug-likeness (QED) is 0.774. The summed E-state index contributed by atoms with van der Waals surface area (Å²) in [6.45, 7) is 2.28. The van der Waals surface area contributed by atoms with E-state index in [1.165, 1.54) is 5.56 Å². The van der Waals surface area contributed by atoms with Gasteiger partial charge in [0.2, 0.25) is 5.91 Å². The molecule has 0 radical (unpaired) electrons. The molecule has 142 valence electrons. The van der Waals surface area contributed by atoms with Crippen LogP contribution in [0.3, 0.4) is 0 Å². The molecule has 27 heavy (non-hydrogen) atoms. The lowest BCUT2D eigenvalue weighted by Gasteiger charge is -2.32. The van der Waals surface area contributed by atoms with Gasteiger partial charge < -0.3 is 10.2 Å². The third kappa shape index (κ3) is 4.08. The molecule has 0 bridgehead atoms. The summed E-state index contributed by atoms with van der Waals surface area (Å²) in [7, 11) is 0. The van der Waals surface area contributed by atoms with Gasteiger partial charge in [-0.3, -0.25) is 9.59 Å². The molecule has 2 amide bonds. The molecule has 2 aromatic rings. The van der Waals surface area contributed by atoms with Crippen LogP contribution in [0.5, 0.6) is 0 Å². The van der Waals surface area contributed by atoms with Crippen molar-refractivity contribution in [1.29, 1.82) is 0 Å². The Morgan fingerprint density at radius 1 is 1.15 bits per heavy atom. The molecule has 1 unspecified atom stereocenters. The van der Waals surface area contributed by atoms with Crippen molar-refractivity contribution in [1.82, 2.24) is 10.2 Å². The number of thiophene rings is 1. The molecular weight excluding hydrogens is 356 g/mol. The average Bonchev–Trinajstić information content (AvgIpc) is 3.14. The summed E-state index contributed by atoms with van der Waals surface area (Å²) in [6.07, 6.45) is 4.85. The van der Waals surface area contributed by atoms with Crippen molar-refractivity contribution in [3.8, 4) is 0 Å². The Labute approximate surface area is 164 Å². The monoisotopic (exact) mass is 382 g/mol. The number of likely N-dealkylation sites (tertiary alicyclic amines) is 1. The van der Waals surface area contributed by atoms with E-state index < -0.39 is 0 Å². The Hall–Kier alpha value is -2.14. The number of carbonyl (C=O) groups excluding carboxylic acids is 2. The van der Waals surface area contributed by atoms with Gasteiger partial charge >= 0.3 is 0 Å². The summed E-state index contributed by atoms with van der Waals surface area (Å²) in [4.78, 5) is 26.9. The predicted molar refractivity (Wildman–Crippen MR) is 108 cm³/mol. The van der Waals surface area contributed by atoms with Gasteiger partial charge in [-0.05, 0) is 54.5 Å². The second-order valence-corrected chi connectivity index (χ2v) is 8.58. The number of aryl methyl sites for hydroxylation is 1. The van der Waals surface area contributed by atoms with Crippen LogP contribution in [0.15, 0.2) is 47.2 Å². The van der Waals surface area contributed by atoms with Crippen LogP contribution in [-0.4, -0.2) is 36.3 Å². The molecule has 4 rings (SSSR count). The lowest BCUT2D eigenvalue weighted by molar-refractivity contribution is -0.123. The fourth-order valence-corrected chi connectivity index (χ4v) is 4.90. The van der Waals surface area contributed by atoms with Gasteiger partial charge in [0.1, 0.15) is 0 Å². The van der Waals surface area contributed by atoms with Crippen molar-refractivity contribution >= 4 is 23.2 Å². The summed E-state index contributed by atoms with van der Waals surface area (Å²) >= 11 is 1.56. The summed E-state index contributed by atoms with van der Waals surface area (Å²) < 4.78 is 0. The summed E-state index contributed by atoms with van der Waals surface area (Å²) in [5, 5.41) is 6.98. The van der Waals surface area contributed by atoms with Crippen LogP contribution in [0.1, 0.15) is 41.6 Å². The van der Waals surface area contributed by atoms with Gasteiger partial charge in [-0.2, -0.15) is 11.3 Å². The van der Waals surface area contributed by atoms with Gasteiger partial charge in [-0.15, -0.1) is 0 Å². The average molecular weight is 383 g/mol. The molecule has 1 aromatic carbocycles. The van der Waals surface area contributed by atoms with Crippen LogP contribution in [0, 0.1) is 11.3 Å². The summed E-state index contributed by atoms with van der Waals surface area (Å²) in [5.41, 5.74) is 2.26. The van der Waals surface area contributed by atoms with Crippen LogP contribution >= 0.6 is 11.3 Å². The number of nitrogens with zero attached hydrogens (tertiary/aromatic N) is 1. The highest BCUT2D eigenvalue weighted by molar-refractivity contribution is 7.08. The fourth-order valence-electron chi connectivity index (χ4n) is 4.27. The van der Waals surface area contributed by atoms with E-state index in [1.54, 1.807) is 11.3 Å². The van der Waals surface area contributed by atoms with Gasteiger partial charge in [0, 0.05) is 30.9 Å². The zero-order valence-corrected chi connectivity index (χ0v) is 16.3. The molecule has 2 heterocycles. The van der Waals surface area contributed by atoms with E-state index in [0.717, 1.165) is 57.3 Å². The topological polar surface area (TPSA) is 49.4 Å². The molecule has 1 saturated heterocycles. The predicted octanol–water partition coefficient (Wildman–Crippen LogP) is 3.74. The first-order chi connectivity index (χ1) is 13.2. The highest BCUT2D eigenvalue weighted by Gasteiger charge is 2.58. The number of nitrogens with one attached hydrogen (secondary N) is 1. The largest absolute Gasteiger partial charge is 0.356 e. The molecule has 2 fully saturated rings. The SMILES string of the molecule is O=C(NCCCc1ccccc1)C1CC12CCN(C(=O)c1ccsc1)CC2. The number of amides is 2. The molecule has 4 nitrogen and oxygen atoms in total. The Morgan fingerprint density at radius 3 is 2.63 bits per heavy atom. The number of hydrogen-bond acceptors (Lipinski definition) is 3. The number of piperidine rings is 1. The molecule has 1 aliphatic carbocycles. The first-order valence-corrected chi connectivity index (χ1v) is 10.8. The highest BCUT2D eigenvalue weighted by atomic mass is 32.1. The van der Waals surface area contributed by atoms with E-state index in [-0.39, 0.29) is 23.1 Å². The third-order valence-electron chi connectivity index (χ3n) is 6.11. The number of carbonyl (C=O) groups is 2. The molecule has 1 saturated carbocycles. The second-order valence-electron chi connectivity index (χ2n) is 7.80. The maximum Gasteiger partial charge on any atom is 0.254 e. The Balaban J connectivity index is 1.19. The first-order valence-electron chi connectivity index (χ1n) is 9.81. The first kappa shape index (κ1) is 18.2. The van der Waals surface area contributed by atoms with Crippen LogP contribution in [0.25, 0.3) is 0 Å². The van der Waals surface area contributed by atoms with Crippen molar-refractivity contribution < 1.29 is 9.59 Å². The van der Waals surface area contributed by atoms with Gasteiger partial charge in [0.15, 0.2) is 0 Å². The van der Waals surface area contributed by atoms with Crippen LogP contribution in [-0.2, 0) is 11.2 Å². The molecule has 5 heteroatoms. The molecule has 1 spiro atoms. The Morgan fingerprint density at radius 2 is 1.93 bits per heavy atom. The minimum atomic E-state index is 0.133. The molecule has 2 aliphatic rings. The fraction of sp³-hybridized carbons (Fsp3) is 0.455. The maximum atomic E-state index is 12.5. The third-order valence-corrected chi connectivity index (χ3v) is 6.79. The number of hydrogen-bond donors (Lipinski definition) is 1. The minimum Gasteiger partial charge on any atom is -0.356 e. The molecular formula is C22H26N2O2S. The Bertz CT molecular complexity index is 780. The lowest BCUT2D eigenvalue weighted by Crippen LogP contribution is -2.40. The van der Waals surface area contributed by atoms with Crippen LogP contribution < -0.4 is 5.32 Å². The van der Waals surface area contributed by atoms with Gasteiger partial charge in [-0.1, -0.05) is 30.3 Å². The van der Waals surface area contributed by atoms with E-state index in [1.807, 2.05) is 27.8 Å². The standard InChI is InChI=1S/C22H26N2O2S/c25-20(23-11-4-7-17-5-2-1-3-6-17)19-15-22(19)9-12-24(13-10-22)21(26)18-8-14-27-16-18/h1-3,5-6,8,14,16,19H,4,7,9-13,15H2,(H,23,25). The molecule has 1 aliphatic heterocycles. The van der Waals surface area contributed by atoms with Gasteiger partial charge in [0.05, 0.1) is 5.56 Å². The normalized spacial score (nSPS) is 20.4. The van der Waals surface area contributed by atoms with Crippen molar-refractivity contribution in [2.45, 2.75) is 32.1 Å².